The zero-order valence-electron chi connectivity index (χ0n) is 28.2. The van der Waals surface area contributed by atoms with Gasteiger partial charge in [-0.05, 0) is 122 Å². The molecule has 3 amide bonds. The summed E-state index contributed by atoms with van der Waals surface area (Å²) in [6.07, 6.45) is 13.2. The number of hydrogen-bond donors (Lipinski definition) is 3. The lowest BCUT2D eigenvalue weighted by Crippen LogP contribution is -2.43. The quantitative estimate of drug-likeness (QED) is 0.257. The Hall–Kier alpha value is -3.53. The second-order valence-electron chi connectivity index (χ2n) is 14.3. The molecule has 6 aliphatic rings. The van der Waals surface area contributed by atoms with Crippen LogP contribution in [0.5, 0.6) is 0 Å². The van der Waals surface area contributed by atoms with Gasteiger partial charge in [0.1, 0.15) is 0 Å². The van der Waals surface area contributed by atoms with Crippen LogP contribution in [0.4, 0.5) is 17.1 Å². The van der Waals surface area contributed by atoms with Crippen LogP contribution in [-0.4, -0.2) is 55.0 Å². The van der Waals surface area contributed by atoms with Crippen molar-refractivity contribution in [2.45, 2.75) is 94.9 Å². The molecule has 3 N–H and O–H groups in total. The maximum atomic E-state index is 11.5. The van der Waals surface area contributed by atoms with E-state index in [9.17, 15) is 14.4 Å². The number of fused-ring (bicyclic) bond motifs is 3. The van der Waals surface area contributed by atoms with E-state index in [4.69, 9.17) is 4.74 Å². The van der Waals surface area contributed by atoms with Crippen LogP contribution in [0.1, 0.15) is 97.4 Å². The van der Waals surface area contributed by atoms with E-state index in [0.29, 0.717) is 25.2 Å². The average molecular weight is 728 g/mol. The number of rotatable bonds is 3. The van der Waals surface area contributed by atoms with E-state index >= 15 is 0 Å². The monoisotopic (exact) mass is 726 g/mol. The van der Waals surface area contributed by atoms with Gasteiger partial charge in [-0.2, -0.15) is 0 Å². The fourth-order valence-electron chi connectivity index (χ4n) is 8.29. The molecule has 0 bridgehead atoms. The molecule has 0 unspecified atom stereocenters. The maximum absolute atomic E-state index is 11.5. The Balaban J connectivity index is 0.000000123. The van der Waals surface area contributed by atoms with Crippen molar-refractivity contribution in [2.75, 3.05) is 42.3 Å². The van der Waals surface area contributed by atoms with E-state index in [0.717, 1.165) is 52.3 Å². The number of piperidine rings is 1. The SMILES string of the molecule is O=C1Cc2cc(Br)ccc2N1.O=C1Cc2cc(C3CCCCC3)ccc2N1.O=C1Cc2cc(C3CCN(C4CCOCC4)CC3)ccc2N1. The van der Waals surface area contributed by atoms with Gasteiger partial charge in [0.2, 0.25) is 17.7 Å². The number of nitrogens with one attached hydrogen (secondary N) is 3. The van der Waals surface area contributed by atoms with Gasteiger partial charge < -0.3 is 25.6 Å². The third-order valence-corrected chi connectivity index (χ3v) is 11.5. The molecule has 0 spiro atoms. The van der Waals surface area contributed by atoms with Crippen molar-refractivity contribution in [2.24, 2.45) is 0 Å². The lowest BCUT2D eigenvalue weighted by molar-refractivity contribution is -0.115. The van der Waals surface area contributed by atoms with Crippen LogP contribution < -0.4 is 16.0 Å². The standard InChI is InChI=1S/C18H24N2O2.C14H17NO.C8H6BrNO/c21-18-12-15-11-14(1-2-17(15)19-18)13-3-7-20(8-4-13)16-5-9-22-10-6-16;16-14-9-12-8-11(6-7-13(12)15-14)10-4-2-1-3-5-10;9-6-1-2-7-5(3-6)4-8(11)10-7/h1-2,11,13,16H,3-10,12H2,(H,19,21);6-8,10H,1-5,9H2,(H,15,16);1-3H,4H2,(H,10,11). The van der Waals surface area contributed by atoms with Crippen molar-refractivity contribution in [1.29, 1.82) is 0 Å². The van der Waals surface area contributed by atoms with Gasteiger partial charge in [-0.3, -0.25) is 14.4 Å². The van der Waals surface area contributed by atoms with Gasteiger partial charge in [-0.25, -0.2) is 0 Å². The molecule has 0 aromatic heterocycles. The summed E-state index contributed by atoms with van der Waals surface area (Å²) in [5.74, 6) is 1.72. The Morgan fingerprint density at radius 3 is 1.57 bits per heavy atom. The smallest absolute Gasteiger partial charge is 0.228 e. The van der Waals surface area contributed by atoms with Gasteiger partial charge in [0.15, 0.2) is 0 Å². The van der Waals surface area contributed by atoms with Gasteiger partial charge in [0.25, 0.3) is 0 Å². The summed E-state index contributed by atoms with van der Waals surface area (Å²) in [4.78, 5) is 36.3. The Morgan fingerprint density at radius 1 is 0.571 bits per heavy atom. The molecular weight excluding hydrogens is 680 g/mol. The highest BCUT2D eigenvalue weighted by Gasteiger charge is 2.28. The first-order valence-electron chi connectivity index (χ1n) is 18.1. The molecule has 1 saturated carbocycles. The molecule has 5 heterocycles. The fraction of sp³-hybridized carbons (Fsp3) is 0.475. The number of carbonyl (C=O) groups is 3. The van der Waals surface area contributed by atoms with E-state index < -0.39 is 0 Å². The Morgan fingerprint density at radius 2 is 1.04 bits per heavy atom. The van der Waals surface area contributed by atoms with Crippen molar-refractivity contribution in [1.82, 2.24) is 4.90 Å². The zero-order valence-corrected chi connectivity index (χ0v) is 29.8. The molecule has 9 rings (SSSR count). The highest BCUT2D eigenvalue weighted by molar-refractivity contribution is 9.10. The predicted molar refractivity (Wildman–Crippen MR) is 197 cm³/mol. The first-order valence-corrected chi connectivity index (χ1v) is 18.9. The molecule has 258 valence electrons. The van der Waals surface area contributed by atoms with E-state index in [1.807, 2.05) is 18.2 Å². The molecule has 9 heteroatoms. The predicted octanol–water partition coefficient (Wildman–Crippen LogP) is 7.71. The lowest BCUT2D eigenvalue weighted by Gasteiger charge is -2.39. The van der Waals surface area contributed by atoms with Crippen molar-refractivity contribution in [3.8, 4) is 0 Å². The van der Waals surface area contributed by atoms with E-state index in [-0.39, 0.29) is 17.7 Å². The molecule has 0 atom stereocenters. The van der Waals surface area contributed by atoms with Gasteiger partial charge >= 0.3 is 0 Å². The summed E-state index contributed by atoms with van der Waals surface area (Å²) >= 11 is 3.35. The third-order valence-electron chi connectivity index (χ3n) is 11.0. The number of ether oxygens (including phenoxy) is 1. The van der Waals surface area contributed by atoms with E-state index in [1.54, 1.807) is 0 Å². The number of hydrogen-bond acceptors (Lipinski definition) is 5. The number of carbonyl (C=O) groups excluding carboxylic acids is 3. The van der Waals surface area contributed by atoms with Gasteiger partial charge in [-0.15, -0.1) is 0 Å². The first-order chi connectivity index (χ1) is 23.9. The molecule has 49 heavy (non-hydrogen) atoms. The van der Waals surface area contributed by atoms with Crippen molar-refractivity contribution in [3.63, 3.8) is 0 Å². The molecule has 8 nitrogen and oxygen atoms in total. The van der Waals surface area contributed by atoms with Crippen LogP contribution in [0.3, 0.4) is 0 Å². The van der Waals surface area contributed by atoms with Crippen LogP contribution in [0.2, 0.25) is 0 Å². The Bertz CT molecular complexity index is 1690. The fourth-order valence-corrected chi connectivity index (χ4v) is 8.70. The molecule has 3 fully saturated rings. The number of amides is 3. The van der Waals surface area contributed by atoms with Crippen LogP contribution in [0, 0.1) is 0 Å². The minimum atomic E-state index is 0.0816. The summed E-state index contributed by atoms with van der Waals surface area (Å²) < 4.78 is 6.49. The zero-order chi connectivity index (χ0) is 33.7. The van der Waals surface area contributed by atoms with Crippen LogP contribution >= 0.6 is 15.9 Å². The van der Waals surface area contributed by atoms with Crippen molar-refractivity contribution >= 4 is 50.7 Å². The second kappa shape index (κ2) is 15.6. The lowest BCUT2D eigenvalue weighted by atomic mass is 9.83. The minimum Gasteiger partial charge on any atom is -0.381 e. The maximum Gasteiger partial charge on any atom is 0.228 e. The van der Waals surface area contributed by atoms with Gasteiger partial charge in [0, 0.05) is 40.8 Å². The summed E-state index contributed by atoms with van der Waals surface area (Å²) in [5, 5.41) is 8.57. The highest BCUT2D eigenvalue weighted by atomic mass is 79.9. The molecule has 5 aliphatic heterocycles. The summed E-state index contributed by atoms with van der Waals surface area (Å²) in [7, 11) is 0. The third kappa shape index (κ3) is 8.44. The van der Waals surface area contributed by atoms with E-state index in [2.05, 4.69) is 73.2 Å². The Kier molecular flexibility index (Phi) is 10.8. The number of nitrogens with zero attached hydrogens (tertiary/aromatic N) is 1. The van der Waals surface area contributed by atoms with E-state index in [1.165, 1.54) is 93.1 Å². The average Bonchev–Trinajstić information content (AvgIpc) is 3.82. The van der Waals surface area contributed by atoms with Crippen LogP contribution in [-0.2, 0) is 38.4 Å². The largest absolute Gasteiger partial charge is 0.381 e. The number of halogens is 1. The number of anilines is 3. The molecule has 2 saturated heterocycles. The van der Waals surface area contributed by atoms with Crippen molar-refractivity contribution < 1.29 is 19.1 Å². The summed E-state index contributed by atoms with van der Waals surface area (Å²) in [6.45, 7) is 4.25. The normalized spacial score (nSPS) is 20.9. The molecule has 3 aromatic carbocycles. The molecule has 0 radical (unpaired) electrons. The summed E-state index contributed by atoms with van der Waals surface area (Å²) in [5.41, 5.74) is 9.26. The van der Waals surface area contributed by atoms with Crippen LogP contribution in [0.25, 0.3) is 0 Å². The second-order valence-corrected chi connectivity index (χ2v) is 15.2. The highest BCUT2D eigenvalue weighted by Crippen LogP contribution is 2.36. The first kappa shape index (κ1) is 33.9. The van der Waals surface area contributed by atoms with Crippen LogP contribution in [0.15, 0.2) is 59.1 Å². The number of benzene rings is 3. The van der Waals surface area contributed by atoms with Gasteiger partial charge in [0.05, 0.1) is 19.3 Å². The topological polar surface area (TPSA) is 99.8 Å². The molecule has 3 aromatic rings. The molecule has 1 aliphatic carbocycles. The summed E-state index contributed by atoms with van der Waals surface area (Å²) in [6, 6.07) is 19.6. The number of likely N-dealkylation sites (tertiary alicyclic amines) is 1. The molecular formula is C40H47BrN4O4. The van der Waals surface area contributed by atoms with Crippen molar-refractivity contribution in [3.05, 3.63) is 86.9 Å². The Labute approximate surface area is 297 Å². The van der Waals surface area contributed by atoms with Gasteiger partial charge in [-0.1, -0.05) is 59.5 Å². The minimum absolute atomic E-state index is 0.0816.